The summed E-state index contributed by atoms with van der Waals surface area (Å²) in [7, 11) is 0. The number of rotatable bonds is 5. The zero-order chi connectivity index (χ0) is 25.5. The van der Waals surface area contributed by atoms with Crippen LogP contribution >= 0.6 is 11.8 Å². The van der Waals surface area contributed by atoms with Crippen LogP contribution in [0.1, 0.15) is 55.1 Å². The van der Waals surface area contributed by atoms with Crippen LogP contribution in [0, 0.1) is 0 Å². The van der Waals surface area contributed by atoms with Gasteiger partial charge in [-0.3, -0.25) is 14.5 Å². The number of ketones is 2. The van der Waals surface area contributed by atoms with Gasteiger partial charge >= 0.3 is 0 Å². The molecule has 1 N–H and O–H groups in total. The standard InChI is InChI=1S/C29H33NO5S/c1-28(2,3)19-9-11-21(12-10-19)34-16-20(31)15-30-14-6-13-29(17-30)18-36-27-25(33)24(32)22-7-4-5-8-23(22)26(27)35-29/h4-5,7-12,20,31H,6,13-18H2,1-3H3/t20-,29?/m0/s1. The van der Waals surface area contributed by atoms with Crippen LogP contribution in [0.5, 0.6) is 5.75 Å². The van der Waals surface area contributed by atoms with Gasteiger partial charge in [-0.15, -0.1) is 11.8 Å². The first-order valence-corrected chi connectivity index (χ1v) is 13.5. The molecule has 1 unspecified atom stereocenters. The average molecular weight is 508 g/mol. The van der Waals surface area contributed by atoms with Crippen LogP contribution in [-0.4, -0.2) is 65.3 Å². The molecule has 6 nitrogen and oxygen atoms in total. The van der Waals surface area contributed by atoms with Crippen molar-refractivity contribution in [3.63, 3.8) is 0 Å². The number of aliphatic hydroxyl groups excluding tert-OH is 1. The fourth-order valence-corrected chi connectivity index (χ4v) is 6.36. The van der Waals surface area contributed by atoms with Gasteiger partial charge in [0, 0.05) is 30.0 Å². The Kier molecular flexibility index (Phi) is 6.74. The van der Waals surface area contributed by atoms with Crippen LogP contribution in [-0.2, 0) is 14.9 Å². The van der Waals surface area contributed by atoms with Crippen molar-refractivity contribution < 1.29 is 24.2 Å². The molecular weight excluding hydrogens is 474 g/mol. The van der Waals surface area contributed by atoms with E-state index in [4.69, 9.17) is 9.47 Å². The van der Waals surface area contributed by atoms with Crippen LogP contribution in [0.4, 0.5) is 0 Å². The summed E-state index contributed by atoms with van der Waals surface area (Å²) in [5.41, 5.74) is 1.98. The molecule has 0 amide bonds. The minimum Gasteiger partial charge on any atom is -0.491 e. The Morgan fingerprint density at radius 1 is 1.08 bits per heavy atom. The summed E-state index contributed by atoms with van der Waals surface area (Å²) in [6, 6.07) is 15.2. The molecule has 2 atom stereocenters. The number of hydrogen-bond donors (Lipinski definition) is 1. The maximum Gasteiger partial charge on any atom is 0.243 e. The van der Waals surface area contributed by atoms with Gasteiger partial charge in [-0.05, 0) is 42.5 Å². The van der Waals surface area contributed by atoms with Crippen LogP contribution in [0.2, 0.25) is 0 Å². The van der Waals surface area contributed by atoms with Gasteiger partial charge in [0.2, 0.25) is 11.6 Å². The highest BCUT2D eigenvalue weighted by Crippen LogP contribution is 2.46. The maximum absolute atomic E-state index is 12.7. The molecule has 0 radical (unpaired) electrons. The van der Waals surface area contributed by atoms with Crippen LogP contribution in [0.25, 0.3) is 5.76 Å². The van der Waals surface area contributed by atoms with Crippen molar-refractivity contribution in [1.82, 2.24) is 4.90 Å². The fourth-order valence-electron chi connectivity index (χ4n) is 5.15. The Morgan fingerprint density at radius 2 is 1.81 bits per heavy atom. The molecule has 5 rings (SSSR count). The van der Waals surface area contributed by atoms with Crippen molar-refractivity contribution in [3.05, 3.63) is 70.1 Å². The van der Waals surface area contributed by atoms with Crippen molar-refractivity contribution in [2.75, 3.05) is 32.0 Å². The number of thioether (sulfide) groups is 1. The third-order valence-electron chi connectivity index (χ3n) is 7.08. The molecule has 0 bridgehead atoms. The minimum absolute atomic E-state index is 0.0844. The van der Waals surface area contributed by atoms with E-state index in [-0.39, 0.29) is 12.0 Å². The van der Waals surface area contributed by atoms with E-state index in [9.17, 15) is 14.7 Å². The van der Waals surface area contributed by atoms with Crippen LogP contribution < -0.4 is 4.74 Å². The third kappa shape index (κ3) is 4.97. The predicted octanol–water partition coefficient (Wildman–Crippen LogP) is 4.46. The van der Waals surface area contributed by atoms with Gasteiger partial charge in [0.1, 0.15) is 34.7 Å². The number of aliphatic hydroxyl groups is 1. The average Bonchev–Trinajstić information content (AvgIpc) is 2.86. The van der Waals surface area contributed by atoms with E-state index in [1.165, 1.54) is 17.3 Å². The third-order valence-corrected chi connectivity index (χ3v) is 8.41. The lowest BCUT2D eigenvalue weighted by atomic mass is 9.87. The number of hydrogen-bond acceptors (Lipinski definition) is 7. The molecule has 1 saturated heterocycles. The van der Waals surface area contributed by atoms with E-state index in [0.29, 0.717) is 40.6 Å². The number of Topliss-reactive ketones (excluding diaryl/α,β-unsaturated/α-hetero) is 2. The number of β-amino-alcohol motifs (C(OH)–C–C–N with tert-alkyl or cyclic N) is 1. The molecule has 2 aliphatic heterocycles. The monoisotopic (exact) mass is 507 g/mol. The summed E-state index contributed by atoms with van der Waals surface area (Å²) >= 11 is 1.43. The second-order valence-electron chi connectivity index (χ2n) is 11.0. The van der Waals surface area contributed by atoms with Crippen molar-refractivity contribution >= 4 is 29.1 Å². The normalized spacial score (nSPS) is 23.2. The van der Waals surface area contributed by atoms with E-state index in [1.807, 2.05) is 24.3 Å². The molecule has 2 heterocycles. The Bertz CT molecular complexity index is 1200. The highest BCUT2D eigenvalue weighted by atomic mass is 32.2. The molecule has 0 saturated carbocycles. The second kappa shape index (κ2) is 9.69. The van der Waals surface area contributed by atoms with Crippen molar-refractivity contribution in [2.45, 2.75) is 50.7 Å². The van der Waals surface area contributed by atoms with Gasteiger partial charge < -0.3 is 14.6 Å². The van der Waals surface area contributed by atoms with Crippen molar-refractivity contribution in [2.24, 2.45) is 0 Å². The number of benzene rings is 2. The van der Waals surface area contributed by atoms with E-state index in [1.54, 1.807) is 12.1 Å². The summed E-state index contributed by atoms with van der Waals surface area (Å²) < 4.78 is 12.4. The first kappa shape index (κ1) is 25.1. The van der Waals surface area contributed by atoms with E-state index < -0.39 is 23.3 Å². The summed E-state index contributed by atoms with van der Waals surface area (Å²) in [6.45, 7) is 8.74. The zero-order valence-electron chi connectivity index (χ0n) is 21.1. The second-order valence-corrected chi connectivity index (χ2v) is 12.0. The summed E-state index contributed by atoms with van der Waals surface area (Å²) in [6.07, 6.45) is 1.16. The summed E-state index contributed by atoms with van der Waals surface area (Å²) in [5.74, 6) is 0.961. The van der Waals surface area contributed by atoms with E-state index in [0.717, 1.165) is 25.1 Å². The molecule has 36 heavy (non-hydrogen) atoms. The number of allylic oxidation sites excluding steroid dienone is 1. The molecule has 2 aromatic rings. The number of nitrogens with zero attached hydrogens (tertiary/aromatic N) is 1. The zero-order valence-corrected chi connectivity index (χ0v) is 21.9. The van der Waals surface area contributed by atoms with E-state index in [2.05, 4.69) is 37.8 Å². The predicted molar refractivity (Wildman–Crippen MR) is 141 cm³/mol. The van der Waals surface area contributed by atoms with Gasteiger partial charge in [-0.2, -0.15) is 0 Å². The topological polar surface area (TPSA) is 76.1 Å². The number of carbonyl (C=O) groups is 2. The first-order chi connectivity index (χ1) is 17.2. The highest BCUT2D eigenvalue weighted by molar-refractivity contribution is 8.04. The molecule has 1 fully saturated rings. The molecule has 3 aliphatic rings. The van der Waals surface area contributed by atoms with Gasteiger partial charge in [0.05, 0.1) is 0 Å². The van der Waals surface area contributed by atoms with Gasteiger partial charge in [0.25, 0.3) is 0 Å². The minimum atomic E-state index is -0.636. The number of piperidine rings is 1. The Labute approximate surface area is 216 Å². The van der Waals surface area contributed by atoms with Gasteiger partial charge in [0.15, 0.2) is 0 Å². The number of carbonyl (C=O) groups excluding carboxylic acids is 2. The molecule has 1 aliphatic carbocycles. The van der Waals surface area contributed by atoms with Gasteiger partial charge in [-0.25, -0.2) is 0 Å². The smallest absolute Gasteiger partial charge is 0.243 e. The lowest BCUT2D eigenvalue weighted by Gasteiger charge is -2.46. The Morgan fingerprint density at radius 3 is 2.53 bits per heavy atom. The molecule has 2 aromatic carbocycles. The molecule has 1 spiro atoms. The quantitative estimate of drug-likeness (QED) is 0.599. The SMILES string of the molecule is CC(C)(C)c1ccc(OC[C@@H](O)CN2CCCC3(CSC4=C(O3)c3ccccc3C(=O)C4=O)C2)cc1. The van der Waals surface area contributed by atoms with Crippen LogP contribution in [0.15, 0.2) is 53.4 Å². The Balaban J connectivity index is 1.22. The van der Waals surface area contributed by atoms with E-state index >= 15 is 0 Å². The number of likely N-dealkylation sites (tertiary alicyclic amines) is 1. The highest BCUT2D eigenvalue weighted by Gasteiger charge is 2.46. The Hall–Kier alpha value is -2.61. The van der Waals surface area contributed by atoms with Crippen molar-refractivity contribution in [3.8, 4) is 5.75 Å². The van der Waals surface area contributed by atoms with Crippen LogP contribution in [0.3, 0.4) is 0 Å². The van der Waals surface area contributed by atoms with Crippen molar-refractivity contribution in [1.29, 1.82) is 0 Å². The lowest BCUT2D eigenvalue weighted by molar-refractivity contribution is -0.111. The summed E-state index contributed by atoms with van der Waals surface area (Å²) in [5, 5.41) is 10.7. The fraction of sp³-hybridized carbons (Fsp3) is 0.448. The lowest BCUT2D eigenvalue weighted by Crippen LogP contribution is -2.54. The summed E-state index contributed by atoms with van der Waals surface area (Å²) in [4.78, 5) is 27.9. The molecular formula is C29H33NO5S. The molecule has 7 heteroatoms. The number of ether oxygens (including phenoxy) is 2. The van der Waals surface area contributed by atoms with Gasteiger partial charge in [-0.1, -0.05) is 57.2 Å². The number of fused-ring (bicyclic) bond motifs is 2. The molecule has 190 valence electrons. The molecule has 0 aromatic heterocycles. The maximum atomic E-state index is 12.7. The first-order valence-electron chi connectivity index (χ1n) is 12.5. The largest absolute Gasteiger partial charge is 0.491 e.